The molecular formula is C19H9BrCl4N2O2. The highest BCUT2D eigenvalue weighted by Crippen LogP contribution is 2.23. The first-order valence-electron chi connectivity index (χ1n) is 7.68. The van der Waals surface area contributed by atoms with Gasteiger partial charge in [0.2, 0.25) is 0 Å². The van der Waals surface area contributed by atoms with Crippen LogP contribution in [0, 0.1) is 0 Å². The molecular weight excluding hydrogens is 510 g/mol. The number of amides is 1. The molecule has 0 saturated carbocycles. The zero-order chi connectivity index (χ0) is 20.4. The normalized spacial score (nSPS) is 11.5. The van der Waals surface area contributed by atoms with Gasteiger partial charge in [-0.3, -0.25) is 14.2 Å². The molecule has 0 bridgehead atoms. The smallest absolute Gasteiger partial charge is 0.268 e. The predicted octanol–water partition coefficient (Wildman–Crippen LogP) is 6.29. The molecule has 0 radical (unpaired) electrons. The Morgan fingerprint density at radius 3 is 1.96 bits per heavy atom. The van der Waals surface area contributed by atoms with Gasteiger partial charge in [-0.05, 0) is 64.5 Å². The van der Waals surface area contributed by atoms with Crippen LogP contribution in [0.2, 0.25) is 20.1 Å². The number of pyridine rings is 1. The summed E-state index contributed by atoms with van der Waals surface area (Å²) >= 11 is 27.3. The van der Waals surface area contributed by atoms with Crippen molar-refractivity contribution in [2.75, 3.05) is 0 Å². The van der Waals surface area contributed by atoms with E-state index in [1.165, 1.54) is 47.2 Å². The van der Waals surface area contributed by atoms with E-state index in [1.807, 2.05) is 0 Å². The molecule has 0 fully saturated rings. The zero-order valence-corrected chi connectivity index (χ0v) is 18.4. The van der Waals surface area contributed by atoms with E-state index in [1.54, 1.807) is 12.1 Å². The summed E-state index contributed by atoms with van der Waals surface area (Å²) in [6.07, 6.45) is 1.49. The minimum absolute atomic E-state index is 0.107. The highest BCUT2D eigenvalue weighted by molar-refractivity contribution is 9.10. The number of hydrogen-bond acceptors (Lipinski definition) is 2. The van der Waals surface area contributed by atoms with E-state index in [4.69, 9.17) is 46.4 Å². The first kappa shape index (κ1) is 21.1. The highest BCUT2D eigenvalue weighted by Gasteiger charge is 2.16. The van der Waals surface area contributed by atoms with Crippen LogP contribution in [0.15, 0.2) is 64.2 Å². The summed E-state index contributed by atoms with van der Waals surface area (Å²) in [4.78, 5) is 29.6. The van der Waals surface area contributed by atoms with Gasteiger partial charge in [-0.15, -0.1) is 0 Å². The van der Waals surface area contributed by atoms with E-state index in [0.29, 0.717) is 14.5 Å². The molecule has 28 heavy (non-hydrogen) atoms. The summed E-state index contributed by atoms with van der Waals surface area (Å²) in [5.41, 5.74) is 0.482. The number of rotatable bonds is 2. The summed E-state index contributed by atoms with van der Waals surface area (Å²) in [5, 5.41) is 1.14. The molecule has 0 aliphatic rings. The van der Waals surface area contributed by atoms with Crippen LogP contribution in [-0.2, 0) is 0 Å². The van der Waals surface area contributed by atoms with Crippen molar-refractivity contribution in [2.24, 2.45) is 4.99 Å². The van der Waals surface area contributed by atoms with Crippen LogP contribution >= 0.6 is 62.3 Å². The molecule has 0 atom stereocenters. The van der Waals surface area contributed by atoms with E-state index in [9.17, 15) is 9.59 Å². The van der Waals surface area contributed by atoms with E-state index in [-0.39, 0.29) is 26.7 Å². The zero-order valence-electron chi connectivity index (χ0n) is 13.8. The van der Waals surface area contributed by atoms with Gasteiger partial charge >= 0.3 is 0 Å². The topological polar surface area (TPSA) is 51.4 Å². The summed E-state index contributed by atoms with van der Waals surface area (Å²) in [6, 6.07) is 12.1. The molecule has 2 aromatic carbocycles. The molecule has 0 N–H and O–H groups in total. The first-order chi connectivity index (χ1) is 13.3. The lowest BCUT2D eigenvalue weighted by Crippen LogP contribution is -2.28. The second kappa shape index (κ2) is 8.80. The van der Waals surface area contributed by atoms with E-state index < -0.39 is 11.8 Å². The highest BCUT2D eigenvalue weighted by atomic mass is 79.9. The molecule has 3 rings (SSSR count). The SMILES string of the molecule is O=C(N=c1ccc(Br)cn1C(=O)c1ccc(Cl)cc1Cl)c1ccc(Cl)cc1Cl. The number of hydrogen-bond donors (Lipinski definition) is 0. The minimum Gasteiger partial charge on any atom is -0.268 e. The van der Waals surface area contributed by atoms with Crippen LogP contribution in [-0.4, -0.2) is 16.4 Å². The fraction of sp³-hybridized carbons (Fsp3) is 0. The van der Waals surface area contributed by atoms with Crippen LogP contribution in [0.25, 0.3) is 0 Å². The van der Waals surface area contributed by atoms with Gasteiger partial charge in [-0.2, -0.15) is 4.99 Å². The van der Waals surface area contributed by atoms with Crippen molar-refractivity contribution >= 4 is 74.1 Å². The molecule has 1 amide bonds. The molecule has 1 heterocycles. The van der Waals surface area contributed by atoms with Crippen LogP contribution in [0.5, 0.6) is 0 Å². The van der Waals surface area contributed by atoms with Gasteiger partial charge in [0.1, 0.15) is 5.49 Å². The number of benzene rings is 2. The second-order valence-corrected chi connectivity index (χ2v) is 8.15. The molecule has 0 spiro atoms. The van der Waals surface area contributed by atoms with Crippen molar-refractivity contribution in [3.8, 4) is 0 Å². The number of carbonyl (C=O) groups excluding carboxylic acids is 2. The van der Waals surface area contributed by atoms with Gasteiger partial charge in [0.05, 0.1) is 21.2 Å². The third-order valence-corrected chi connectivity index (χ3v) is 5.21. The van der Waals surface area contributed by atoms with Crippen molar-refractivity contribution < 1.29 is 9.59 Å². The van der Waals surface area contributed by atoms with Crippen LogP contribution in [0.3, 0.4) is 0 Å². The Hall–Kier alpha value is -1.63. The maximum Gasteiger partial charge on any atom is 0.280 e. The number of aromatic nitrogens is 1. The fourth-order valence-corrected chi connectivity index (χ4v) is 3.66. The third kappa shape index (κ3) is 4.67. The van der Waals surface area contributed by atoms with E-state index in [2.05, 4.69) is 20.9 Å². The number of halogens is 5. The van der Waals surface area contributed by atoms with Crippen LogP contribution < -0.4 is 5.49 Å². The van der Waals surface area contributed by atoms with Gasteiger partial charge in [-0.25, -0.2) is 0 Å². The average Bonchev–Trinajstić information content (AvgIpc) is 2.62. The quantitative estimate of drug-likeness (QED) is 0.400. The lowest BCUT2D eigenvalue weighted by atomic mass is 10.2. The van der Waals surface area contributed by atoms with E-state index in [0.717, 1.165) is 0 Å². The standard InChI is InChI=1S/C19H9BrCl4N2O2/c20-10-1-6-17(25-18(27)13-4-2-11(21)7-15(13)23)26(9-10)19(28)14-5-3-12(22)8-16(14)24/h1-9H. The predicted molar refractivity (Wildman–Crippen MR) is 115 cm³/mol. The molecule has 1 aromatic heterocycles. The monoisotopic (exact) mass is 516 g/mol. The molecule has 0 aliphatic heterocycles. The Morgan fingerprint density at radius 1 is 0.821 bits per heavy atom. The lowest BCUT2D eigenvalue weighted by molar-refractivity contribution is 0.0953. The van der Waals surface area contributed by atoms with Gasteiger partial charge in [-0.1, -0.05) is 46.4 Å². The largest absolute Gasteiger partial charge is 0.280 e. The Bertz CT molecular complexity index is 1170. The molecule has 3 aromatic rings. The van der Waals surface area contributed by atoms with Crippen molar-refractivity contribution in [1.82, 2.24) is 4.57 Å². The Labute approximate surface area is 188 Å². The van der Waals surface area contributed by atoms with Crippen molar-refractivity contribution in [3.63, 3.8) is 0 Å². The third-order valence-electron chi connectivity index (χ3n) is 3.65. The average molecular weight is 519 g/mol. The van der Waals surface area contributed by atoms with Crippen LogP contribution in [0.1, 0.15) is 20.7 Å². The van der Waals surface area contributed by atoms with Gasteiger partial charge in [0.25, 0.3) is 11.8 Å². The summed E-state index contributed by atoms with van der Waals surface area (Å²) < 4.78 is 1.82. The van der Waals surface area contributed by atoms with Crippen molar-refractivity contribution in [2.45, 2.75) is 0 Å². The molecule has 4 nitrogen and oxygen atoms in total. The maximum atomic E-state index is 13.0. The second-order valence-electron chi connectivity index (χ2n) is 5.55. The molecule has 0 aliphatic carbocycles. The van der Waals surface area contributed by atoms with Gasteiger partial charge in [0.15, 0.2) is 0 Å². The molecule has 0 unspecified atom stereocenters. The first-order valence-corrected chi connectivity index (χ1v) is 9.99. The maximum absolute atomic E-state index is 13.0. The molecule has 0 saturated heterocycles. The summed E-state index contributed by atoms with van der Waals surface area (Å²) in [6.45, 7) is 0. The molecule has 9 heteroatoms. The fourth-order valence-electron chi connectivity index (χ4n) is 2.34. The Morgan fingerprint density at radius 2 is 1.39 bits per heavy atom. The van der Waals surface area contributed by atoms with Crippen molar-refractivity contribution in [3.05, 3.63) is 95.9 Å². The van der Waals surface area contributed by atoms with E-state index >= 15 is 0 Å². The lowest BCUT2D eigenvalue weighted by Gasteiger charge is -2.09. The summed E-state index contributed by atoms with van der Waals surface area (Å²) in [5.74, 6) is -1.09. The van der Waals surface area contributed by atoms with Gasteiger partial charge in [0, 0.05) is 20.7 Å². The number of carbonyl (C=O) groups is 2. The van der Waals surface area contributed by atoms with Crippen molar-refractivity contribution in [1.29, 1.82) is 0 Å². The van der Waals surface area contributed by atoms with Gasteiger partial charge < -0.3 is 0 Å². The molecule has 142 valence electrons. The Balaban J connectivity index is 2.11. The minimum atomic E-state index is -0.618. The van der Waals surface area contributed by atoms with Crippen LogP contribution in [0.4, 0.5) is 0 Å². The Kier molecular flexibility index (Phi) is 6.63. The number of nitrogens with zero attached hydrogens (tertiary/aromatic N) is 2. The summed E-state index contributed by atoms with van der Waals surface area (Å²) in [7, 11) is 0.